The first-order chi connectivity index (χ1) is 9.10. The van der Waals surface area contributed by atoms with E-state index in [1.54, 1.807) is 0 Å². The van der Waals surface area contributed by atoms with Crippen molar-refractivity contribution in [2.24, 2.45) is 5.92 Å². The number of hydrogen-bond acceptors (Lipinski definition) is 1. The van der Waals surface area contributed by atoms with Gasteiger partial charge in [0.25, 0.3) is 5.91 Å². The maximum atomic E-state index is 12.3. The molecule has 1 aliphatic rings. The summed E-state index contributed by atoms with van der Waals surface area (Å²) in [6.07, 6.45) is 4.52. The fraction of sp³-hybridized carbons (Fsp3) is 0.500. The van der Waals surface area contributed by atoms with Gasteiger partial charge >= 0.3 is 0 Å². The Morgan fingerprint density at radius 3 is 2.47 bits per heavy atom. The fourth-order valence-electron chi connectivity index (χ4n) is 2.52. The highest BCUT2D eigenvalue weighted by molar-refractivity contribution is 9.11. The Bertz CT molecular complexity index is 447. The van der Waals surface area contributed by atoms with Crippen molar-refractivity contribution in [3.8, 4) is 0 Å². The molecule has 2 rings (SSSR count). The lowest BCUT2D eigenvalue weighted by Crippen LogP contribution is -2.42. The molecule has 1 aromatic carbocycles. The molecule has 1 saturated carbocycles. The van der Waals surface area contributed by atoms with Crippen LogP contribution in [0.3, 0.4) is 0 Å². The molecule has 1 N–H and O–H groups in total. The lowest BCUT2D eigenvalue weighted by Gasteiger charge is -2.30. The first-order valence-electron chi connectivity index (χ1n) is 6.43. The molecule has 1 aliphatic carbocycles. The molecule has 5 heteroatoms. The Labute approximate surface area is 135 Å². The summed E-state index contributed by atoms with van der Waals surface area (Å²) in [7, 11) is 0. The minimum Gasteiger partial charge on any atom is -0.349 e. The van der Waals surface area contributed by atoms with Gasteiger partial charge in [0.15, 0.2) is 0 Å². The smallest absolute Gasteiger partial charge is 0.251 e. The van der Waals surface area contributed by atoms with E-state index in [0.717, 1.165) is 21.8 Å². The van der Waals surface area contributed by atoms with Gasteiger partial charge in [-0.3, -0.25) is 4.79 Å². The molecule has 2 unspecified atom stereocenters. The minimum atomic E-state index is -0.0241. The predicted octanol–water partition coefficient (Wildman–Crippen LogP) is 4.74. The summed E-state index contributed by atoms with van der Waals surface area (Å²) in [6, 6.07) is 5.78. The third-order valence-corrected chi connectivity index (χ3v) is 4.86. The molecule has 0 aromatic heterocycles. The van der Waals surface area contributed by atoms with Crippen molar-refractivity contribution in [3.63, 3.8) is 0 Å². The second-order valence-electron chi connectivity index (χ2n) is 4.94. The molecule has 2 nitrogen and oxygen atoms in total. The molecule has 1 fully saturated rings. The summed E-state index contributed by atoms with van der Waals surface area (Å²) >= 11 is 12.8. The number of carbonyl (C=O) groups is 1. The zero-order valence-electron chi connectivity index (χ0n) is 10.5. The van der Waals surface area contributed by atoms with Gasteiger partial charge in [-0.05, 0) is 37.0 Å². The molecule has 0 radical (unpaired) electrons. The maximum absolute atomic E-state index is 12.3. The van der Waals surface area contributed by atoms with Crippen LogP contribution in [0.5, 0.6) is 0 Å². The van der Waals surface area contributed by atoms with Gasteiger partial charge in [-0.2, -0.15) is 0 Å². The first kappa shape index (κ1) is 15.3. The molecular weight excluding hydrogens is 393 g/mol. The molecule has 19 heavy (non-hydrogen) atoms. The zero-order valence-corrected chi connectivity index (χ0v) is 14.4. The first-order valence-corrected chi connectivity index (χ1v) is 8.55. The Kier molecular flexibility index (Phi) is 5.72. The Hall–Kier alpha value is -0.0600. The topological polar surface area (TPSA) is 29.1 Å². The van der Waals surface area contributed by atoms with Gasteiger partial charge < -0.3 is 5.32 Å². The van der Waals surface area contributed by atoms with Crippen LogP contribution >= 0.6 is 43.5 Å². The van der Waals surface area contributed by atoms with Crippen LogP contribution in [0.2, 0.25) is 0 Å². The summed E-state index contributed by atoms with van der Waals surface area (Å²) in [5.74, 6) is 0.992. The number of carbonyl (C=O) groups excluding carboxylic acids is 1. The Balaban J connectivity index is 2.07. The van der Waals surface area contributed by atoms with Gasteiger partial charge in [0.2, 0.25) is 0 Å². The van der Waals surface area contributed by atoms with Crippen molar-refractivity contribution in [2.45, 2.75) is 31.7 Å². The van der Waals surface area contributed by atoms with Crippen molar-refractivity contribution < 1.29 is 4.79 Å². The summed E-state index contributed by atoms with van der Waals surface area (Å²) in [5, 5.41) is 3.13. The number of amides is 1. The van der Waals surface area contributed by atoms with E-state index in [1.807, 2.05) is 18.2 Å². The van der Waals surface area contributed by atoms with Crippen LogP contribution in [-0.2, 0) is 0 Å². The van der Waals surface area contributed by atoms with Crippen LogP contribution < -0.4 is 5.32 Å². The number of hydrogen-bond donors (Lipinski definition) is 1. The summed E-state index contributed by atoms with van der Waals surface area (Å²) in [6.45, 7) is 0. The largest absolute Gasteiger partial charge is 0.349 e. The van der Waals surface area contributed by atoms with E-state index in [-0.39, 0.29) is 11.9 Å². The predicted molar refractivity (Wildman–Crippen MR) is 85.8 cm³/mol. The van der Waals surface area contributed by atoms with Gasteiger partial charge in [-0.1, -0.05) is 44.7 Å². The molecule has 0 spiro atoms. The van der Waals surface area contributed by atoms with Gasteiger partial charge in [0, 0.05) is 26.4 Å². The number of halogens is 3. The standard InChI is InChI=1S/C14H16Br2ClNO/c15-11-5-10(6-12(16)7-11)14(19)18-13-4-2-1-3-9(13)8-17/h5-7,9,13H,1-4,8H2,(H,18,19). The van der Waals surface area contributed by atoms with Crippen LogP contribution in [0.15, 0.2) is 27.1 Å². The van der Waals surface area contributed by atoms with Gasteiger partial charge in [0.1, 0.15) is 0 Å². The van der Waals surface area contributed by atoms with E-state index in [2.05, 4.69) is 37.2 Å². The lowest BCUT2D eigenvalue weighted by molar-refractivity contribution is 0.0911. The van der Waals surface area contributed by atoms with E-state index < -0.39 is 0 Å². The van der Waals surface area contributed by atoms with Gasteiger partial charge in [-0.15, -0.1) is 11.6 Å². The van der Waals surface area contributed by atoms with Crippen molar-refractivity contribution in [1.29, 1.82) is 0 Å². The van der Waals surface area contributed by atoms with E-state index in [1.165, 1.54) is 12.8 Å². The summed E-state index contributed by atoms with van der Waals surface area (Å²) in [4.78, 5) is 12.3. The highest BCUT2D eigenvalue weighted by atomic mass is 79.9. The van der Waals surface area contributed by atoms with Gasteiger partial charge in [0.05, 0.1) is 0 Å². The molecule has 0 aliphatic heterocycles. The second-order valence-corrected chi connectivity index (χ2v) is 7.08. The molecule has 1 amide bonds. The van der Waals surface area contributed by atoms with Crippen molar-refractivity contribution in [1.82, 2.24) is 5.32 Å². The van der Waals surface area contributed by atoms with Crippen LogP contribution in [0.4, 0.5) is 0 Å². The second kappa shape index (κ2) is 7.09. The lowest BCUT2D eigenvalue weighted by atomic mass is 9.85. The highest BCUT2D eigenvalue weighted by Crippen LogP contribution is 2.26. The normalized spacial score (nSPS) is 23.1. The highest BCUT2D eigenvalue weighted by Gasteiger charge is 2.26. The molecular formula is C14H16Br2ClNO. The SMILES string of the molecule is O=C(NC1CCCCC1CCl)c1cc(Br)cc(Br)c1. The third kappa shape index (κ3) is 4.20. The van der Waals surface area contributed by atoms with E-state index in [4.69, 9.17) is 11.6 Å². The minimum absolute atomic E-state index is 0.0241. The quantitative estimate of drug-likeness (QED) is 0.718. The molecule has 0 heterocycles. The summed E-state index contributed by atoms with van der Waals surface area (Å²) < 4.78 is 1.79. The Morgan fingerprint density at radius 1 is 1.21 bits per heavy atom. The van der Waals surface area contributed by atoms with Crippen molar-refractivity contribution in [2.75, 3.05) is 5.88 Å². The number of alkyl halides is 1. The average molecular weight is 410 g/mol. The fourth-order valence-corrected chi connectivity index (χ4v) is 4.18. The molecule has 1 aromatic rings. The van der Waals surface area contributed by atoms with E-state index in [9.17, 15) is 4.79 Å². The van der Waals surface area contributed by atoms with Crippen LogP contribution in [0, 0.1) is 5.92 Å². The molecule has 0 bridgehead atoms. The van der Waals surface area contributed by atoms with Gasteiger partial charge in [-0.25, -0.2) is 0 Å². The van der Waals surface area contributed by atoms with Crippen LogP contribution in [-0.4, -0.2) is 17.8 Å². The Morgan fingerprint density at radius 2 is 1.84 bits per heavy atom. The molecule has 0 saturated heterocycles. The van der Waals surface area contributed by atoms with Crippen LogP contribution in [0.1, 0.15) is 36.0 Å². The molecule has 104 valence electrons. The summed E-state index contributed by atoms with van der Waals surface area (Å²) in [5.41, 5.74) is 0.667. The monoisotopic (exact) mass is 407 g/mol. The van der Waals surface area contributed by atoms with E-state index in [0.29, 0.717) is 17.4 Å². The molecule has 2 atom stereocenters. The number of benzene rings is 1. The number of rotatable bonds is 3. The van der Waals surface area contributed by atoms with Crippen molar-refractivity contribution >= 4 is 49.4 Å². The van der Waals surface area contributed by atoms with Crippen molar-refractivity contribution in [3.05, 3.63) is 32.7 Å². The third-order valence-electron chi connectivity index (χ3n) is 3.55. The number of nitrogens with one attached hydrogen (secondary N) is 1. The zero-order chi connectivity index (χ0) is 13.8. The average Bonchev–Trinajstić information content (AvgIpc) is 2.38. The van der Waals surface area contributed by atoms with Crippen LogP contribution in [0.25, 0.3) is 0 Å². The van der Waals surface area contributed by atoms with E-state index >= 15 is 0 Å². The maximum Gasteiger partial charge on any atom is 0.251 e.